The number of carboxylic acid groups (broad SMARTS) is 1. The number of hydrogen-bond donors (Lipinski definition) is 1. The average molecular weight is 233 g/mol. The Morgan fingerprint density at radius 3 is 2.82 bits per heavy atom. The summed E-state index contributed by atoms with van der Waals surface area (Å²) in [5.41, 5.74) is 2.11. The van der Waals surface area contributed by atoms with Crippen molar-refractivity contribution in [2.75, 3.05) is 7.11 Å². The van der Waals surface area contributed by atoms with Crippen LogP contribution in [0.2, 0.25) is 0 Å². The average Bonchev–Trinajstić information content (AvgIpc) is 2.77. The third-order valence-electron chi connectivity index (χ3n) is 2.41. The molecule has 88 valence electrons. The second-order valence-corrected chi connectivity index (χ2v) is 3.54. The summed E-state index contributed by atoms with van der Waals surface area (Å²) in [5, 5.41) is 12.5. The molecule has 0 saturated heterocycles. The maximum atomic E-state index is 10.7. The second-order valence-electron chi connectivity index (χ2n) is 3.54. The standard InChI is InChI=1S/C12H11NO4/c1-7-4-3-5-8(11(7)16-2)9-6-10(12(14)15)17-13-9/h3-6H,1-2H3,(H,14,15). The Labute approximate surface area is 97.6 Å². The first kappa shape index (κ1) is 11.2. The van der Waals surface area contributed by atoms with Crippen LogP contribution in [0.1, 0.15) is 16.1 Å². The first-order valence-corrected chi connectivity index (χ1v) is 4.97. The number of benzene rings is 1. The molecule has 0 aliphatic carbocycles. The van der Waals surface area contributed by atoms with Crippen molar-refractivity contribution in [2.24, 2.45) is 0 Å². The van der Waals surface area contributed by atoms with Gasteiger partial charge in [0.15, 0.2) is 0 Å². The summed E-state index contributed by atoms with van der Waals surface area (Å²) in [7, 11) is 1.56. The highest BCUT2D eigenvalue weighted by atomic mass is 16.5. The van der Waals surface area contributed by atoms with E-state index >= 15 is 0 Å². The lowest BCUT2D eigenvalue weighted by molar-refractivity contribution is 0.0652. The summed E-state index contributed by atoms with van der Waals surface area (Å²) >= 11 is 0. The molecule has 0 amide bonds. The van der Waals surface area contributed by atoms with E-state index in [0.29, 0.717) is 17.0 Å². The number of ether oxygens (including phenoxy) is 1. The van der Waals surface area contributed by atoms with Crippen LogP contribution in [0, 0.1) is 6.92 Å². The largest absolute Gasteiger partial charge is 0.496 e. The fourth-order valence-corrected chi connectivity index (χ4v) is 1.63. The summed E-state index contributed by atoms with van der Waals surface area (Å²) in [6, 6.07) is 6.93. The first-order chi connectivity index (χ1) is 8.13. The van der Waals surface area contributed by atoms with Crippen LogP contribution in [-0.2, 0) is 0 Å². The molecule has 0 saturated carbocycles. The van der Waals surface area contributed by atoms with Gasteiger partial charge < -0.3 is 14.4 Å². The van der Waals surface area contributed by atoms with Gasteiger partial charge in [-0.05, 0) is 18.6 Å². The molecule has 0 aliphatic heterocycles. The van der Waals surface area contributed by atoms with E-state index in [4.69, 9.17) is 14.4 Å². The number of para-hydroxylation sites is 1. The van der Waals surface area contributed by atoms with E-state index in [1.54, 1.807) is 13.2 Å². The lowest BCUT2D eigenvalue weighted by Gasteiger charge is -2.08. The number of nitrogens with zero attached hydrogens (tertiary/aromatic N) is 1. The molecule has 5 nitrogen and oxygen atoms in total. The third kappa shape index (κ3) is 1.99. The fraction of sp³-hybridized carbons (Fsp3) is 0.167. The van der Waals surface area contributed by atoms with Crippen LogP contribution in [0.3, 0.4) is 0 Å². The molecule has 1 heterocycles. The molecule has 1 aromatic heterocycles. The zero-order valence-corrected chi connectivity index (χ0v) is 9.43. The van der Waals surface area contributed by atoms with Crippen LogP contribution < -0.4 is 4.74 Å². The second kappa shape index (κ2) is 4.29. The van der Waals surface area contributed by atoms with E-state index in [0.717, 1.165) is 5.56 Å². The van der Waals surface area contributed by atoms with Crippen LogP contribution in [0.4, 0.5) is 0 Å². The predicted molar refractivity (Wildman–Crippen MR) is 60.2 cm³/mol. The minimum atomic E-state index is -1.14. The Hall–Kier alpha value is -2.30. The van der Waals surface area contributed by atoms with Gasteiger partial charge in [-0.25, -0.2) is 4.79 Å². The Morgan fingerprint density at radius 2 is 2.24 bits per heavy atom. The molecule has 5 heteroatoms. The molecule has 2 rings (SSSR count). The zero-order chi connectivity index (χ0) is 12.4. The van der Waals surface area contributed by atoms with E-state index < -0.39 is 5.97 Å². The van der Waals surface area contributed by atoms with Crippen molar-refractivity contribution in [3.63, 3.8) is 0 Å². The lowest BCUT2D eigenvalue weighted by Crippen LogP contribution is -1.92. The predicted octanol–water partition coefficient (Wildman–Crippen LogP) is 2.36. The van der Waals surface area contributed by atoms with Gasteiger partial charge in [0.2, 0.25) is 5.76 Å². The van der Waals surface area contributed by atoms with E-state index in [2.05, 4.69) is 5.16 Å². The number of methoxy groups -OCH3 is 1. The fourth-order valence-electron chi connectivity index (χ4n) is 1.63. The molecule has 1 aromatic carbocycles. The number of aromatic nitrogens is 1. The highest BCUT2D eigenvalue weighted by Crippen LogP contribution is 2.32. The van der Waals surface area contributed by atoms with E-state index in [9.17, 15) is 4.79 Å². The van der Waals surface area contributed by atoms with Crippen molar-refractivity contribution in [1.82, 2.24) is 5.16 Å². The third-order valence-corrected chi connectivity index (χ3v) is 2.41. The molecule has 0 atom stereocenters. The van der Waals surface area contributed by atoms with Crippen molar-refractivity contribution < 1.29 is 19.2 Å². The molecule has 2 aromatic rings. The smallest absolute Gasteiger partial charge is 0.374 e. The van der Waals surface area contributed by atoms with Crippen molar-refractivity contribution in [2.45, 2.75) is 6.92 Å². The SMILES string of the molecule is COc1c(C)cccc1-c1cc(C(=O)O)on1. The topological polar surface area (TPSA) is 72.6 Å². The quantitative estimate of drug-likeness (QED) is 0.880. The molecular formula is C12H11NO4. The number of carboxylic acids is 1. The van der Waals surface area contributed by atoms with E-state index in [1.807, 2.05) is 19.1 Å². The summed E-state index contributed by atoms with van der Waals surface area (Å²) in [5.74, 6) is -0.670. The first-order valence-electron chi connectivity index (χ1n) is 4.97. The number of rotatable bonds is 3. The van der Waals surface area contributed by atoms with Crippen molar-refractivity contribution >= 4 is 5.97 Å². The van der Waals surface area contributed by atoms with Gasteiger partial charge in [0, 0.05) is 11.6 Å². The summed E-state index contributed by atoms with van der Waals surface area (Å²) in [6.07, 6.45) is 0. The number of hydrogen-bond acceptors (Lipinski definition) is 4. The minimum Gasteiger partial charge on any atom is -0.496 e. The molecule has 1 N–H and O–H groups in total. The molecule has 0 spiro atoms. The van der Waals surface area contributed by atoms with Crippen molar-refractivity contribution in [3.8, 4) is 17.0 Å². The van der Waals surface area contributed by atoms with Crippen molar-refractivity contribution in [3.05, 3.63) is 35.6 Å². The van der Waals surface area contributed by atoms with E-state index in [1.165, 1.54) is 6.07 Å². The van der Waals surface area contributed by atoms with E-state index in [-0.39, 0.29) is 5.76 Å². The van der Waals surface area contributed by atoms with Gasteiger partial charge in [-0.2, -0.15) is 0 Å². The summed E-state index contributed by atoms with van der Waals surface area (Å²) in [6.45, 7) is 1.90. The van der Waals surface area contributed by atoms with Gasteiger partial charge in [0.05, 0.1) is 7.11 Å². The molecule has 17 heavy (non-hydrogen) atoms. The molecular weight excluding hydrogens is 222 g/mol. The van der Waals surface area contributed by atoms with Crippen LogP contribution in [0.25, 0.3) is 11.3 Å². The monoisotopic (exact) mass is 233 g/mol. The van der Waals surface area contributed by atoms with Gasteiger partial charge in [-0.1, -0.05) is 17.3 Å². The normalized spacial score (nSPS) is 10.2. The van der Waals surface area contributed by atoms with Crippen LogP contribution in [-0.4, -0.2) is 23.3 Å². The summed E-state index contributed by atoms with van der Waals surface area (Å²) < 4.78 is 9.99. The minimum absolute atomic E-state index is 0.191. The molecule has 0 fully saturated rings. The molecule has 0 radical (unpaired) electrons. The Balaban J connectivity index is 2.52. The van der Waals surface area contributed by atoms with Gasteiger partial charge in [-0.15, -0.1) is 0 Å². The Bertz CT molecular complexity index is 559. The lowest BCUT2D eigenvalue weighted by atomic mass is 10.1. The maximum Gasteiger partial charge on any atom is 0.374 e. The van der Waals surface area contributed by atoms with Gasteiger partial charge >= 0.3 is 5.97 Å². The summed E-state index contributed by atoms with van der Waals surface area (Å²) in [4.78, 5) is 10.7. The van der Waals surface area contributed by atoms with Gasteiger partial charge in [0.1, 0.15) is 11.4 Å². The van der Waals surface area contributed by atoms with Gasteiger partial charge in [0.25, 0.3) is 0 Å². The van der Waals surface area contributed by atoms with Crippen molar-refractivity contribution in [1.29, 1.82) is 0 Å². The van der Waals surface area contributed by atoms with Crippen LogP contribution >= 0.6 is 0 Å². The van der Waals surface area contributed by atoms with Gasteiger partial charge in [-0.3, -0.25) is 0 Å². The van der Waals surface area contributed by atoms with Crippen LogP contribution in [0.5, 0.6) is 5.75 Å². The maximum absolute atomic E-state index is 10.7. The van der Waals surface area contributed by atoms with Crippen LogP contribution in [0.15, 0.2) is 28.8 Å². The number of aromatic carboxylic acids is 1. The Morgan fingerprint density at radius 1 is 1.47 bits per heavy atom. The molecule has 0 aliphatic rings. The number of aryl methyl sites for hydroxylation is 1. The zero-order valence-electron chi connectivity index (χ0n) is 9.43. The molecule has 0 unspecified atom stereocenters. The number of carbonyl (C=O) groups is 1. The Kier molecular flexibility index (Phi) is 2.82. The highest BCUT2D eigenvalue weighted by molar-refractivity contribution is 5.86. The highest BCUT2D eigenvalue weighted by Gasteiger charge is 2.16. The molecule has 0 bridgehead atoms.